The summed E-state index contributed by atoms with van der Waals surface area (Å²) < 4.78 is 18.9. The molecule has 2 aliphatic rings. The van der Waals surface area contributed by atoms with Crippen LogP contribution >= 0.6 is 0 Å². The van der Waals surface area contributed by atoms with Crippen LogP contribution in [0.1, 0.15) is 18.4 Å². The number of rotatable bonds is 3. The van der Waals surface area contributed by atoms with Crippen LogP contribution in [0.25, 0.3) is 6.08 Å². The molecule has 2 aliphatic heterocycles. The van der Waals surface area contributed by atoms with Crippen molar-refractivity contribution in [1.29, 1.82) is 0 Å². The van der Waals surface area contributed by atoms with Crippen LogP contribution in [0.2, 0.25) is 0 Å². The summed E-state index contributed by atoms with van der Waals surface area (Å²) in [5, 5.41) is 0. The Bertz CT molecular complexity index is 902. The molecule has 0 saturated carbocycles. The molecule has 4 rings (SSSR count). The van der Waals surface area contributed by atoms with Gasteiger partial charge in [-0.1, -0.05) is 24.3 Å². The SMILES string of the molecule is O=C(CN1C(=O)/C(=C\c2ccc(F)cc2)Oc2ccccc21)N1CCCC1. The Hall–Kier alpha value is -3.15. The maximum Gasteiger partial charge on any atom is 0.294 e. The number of para-hydroxylation sites is 2. The van der Waals surface area contributed by atoms with Crippen LogP contribution in [0, 0.1) is 5.82 Å². The van der Waals surface area contributed by atoms with Gasteiger partial charge in [-0.05, 0) is 48.7 Å². The number of anilines is 1. The highest BCUT2D eigenvalue weighted by Gasteiger charge is 2.33. The zero-order chi connectivity index (χ0) is 18.8. The van der Waals surface area contributed by atoms with Crippen LogP contribution in [-0.2, 0) is 9.59 Å². The van der Waals surface area contributed by atoms with Crippen molar-refractivity contribution < 1.29 is 18.7 Å². The number of fused-ring (bicyclic) bond motifs is 1. The quantitative estimate of drug-likeness (QED) is 0.784. The monoisotopic (exact) mass is 366 g/mol. The predicted molar refractivity (Wildman–Crippen MR) is 99.6 cm³/mol. The summed E-state index contributed by atoms with van der Waals surface area (Å²) >= 11 is 0. The number of hydrogen-bond acceptors (Lipinski definition) is 3. The number of halogens is 1. The van der Waals surface area contributed by atoms with E-state index in [0.717, 1.165) is 25.9 Å². The first-order chi connectivity index (χ1) is 13.1. The molecule has 0 spiro atoms. The minimum atomic E-state index is -0.384. The number of benzene rings is 2. The largest absolute Gasteiger partial charge is 0.449 e. The minimum Gasteiger partial charge on any atom is -0.449 e. The first kappa shape index (κ1) is 17.3. The highest BCUT2D eigenvalue weighted by Crippen LogP contribution is 2.35. The van der Waals surface area contributed by atoms with Crippen LogP contribution in [0.5, 0.6) is 5.75 Å². The van der Waals surface area contributed by atoms with Gasteiger partial charge in [-0.15, -0.1) is 0 Å². The van der Waals surface area contributed by atoms with Crippen molar-refractivity contribution in [2.45, 2.75) is 12.8 Å². The van der Waals surface area contributed by atoms with Crippen molar-refractivity contribution in [2.24, 2.45) is 0 Å². The van der Waals surface area contributed by atoms with Crippen LogP contribution in [0.3, 0.4) is 0 Å². The van der Waals surface area contributed by atoms with Crippen LogP contribution in [-0.4, -0.2) is 36.3 Å². The van der Waals surface area contributed by atoms with E-state index in [1.807, 2.05) is 6.07 Å². The predicted octanol–water partition coefficient (Wildman–Crippen LogP) is 3.21. The lowest BCUT2D eigenvalue weighted by atomic mass is 10.1. The summed E-state index contributed by atoms with van der Waals surface area (Å²) in [6.45, 7) is 1.44. The first-order valence-corrected chi connectivity index (χ1v) is 8.95. The van der Waals surface area contributed by atoms with Crippen molar-refractivity contribution in [2.75, 3.05) is 24.5 Å². The molecule has 0 unspecified atom stereocenters. The van der Waals surface area contributed by atoms with Crippen LogP contribution in [0.4, 0.5) is 10.1 Å². The number of likely N-dealkylation sites (tertiary alicyclic amines) is 1. The third-order valence-corrected chi connectivity index (χ3v) is 4.75. The van der Waals surface area contributed by atoms with Gasteiger partial charge < -0.3 is 9.64 Å². The van der Waals surface area contributed by atoms with E-state index in [2.05, 4.69) is 0 Å². The molecule has 2 heterocycles. The fourth-order valence-electron chi connectivity index (χ4n) is 3.33. The Kier molecular flexibility index (Phi) is 4.62. The van der Waals surface area contributed by atoms with Gasteiger partial charge in [-0.25, -0.2) is 4.39 Å². The molecule has 27 heavy (non-hydrogen) atoms. The van der Waals surface area contributed by atoms with E-state index < -0.39 is 0 Å². The van der Waals surface area contributed by atoms with Crippen molar-refractivity contribution in [1.82, 2.24) is 4.90 Å². The molecule has 2 aromatic carbocycles. The Labute approximate surface area is 156 Å². The molecular weight excluding hydrogens is 347 g/mol. The van der Waals surface area contributed by atoms with Crippen molar-refractivity contribution >= 4 is 23.6 Å². The highest BCUT2D eigenvalue weighted by molar-refractivity contribution is 6.12. The smallest absolute Gasteiger partial charge is 0.294 e. The van der Waals surface area contributed by atoms with Gasteiger partial charge in [0.2, 0.25) is 5.91 Å². The lowest BCUT2D eigenvalue weighted by molar-refractivity contribution is -0.130. The summed E-state index contributed by atoms with van der Waals surface area (Å²) in [6, 6.07) is 12.9. The maximum absolute atomic E-state index is 13.1. The molecule has 0 N–H and O–H groups in total. The lowest BCUT2D eigenvalue weighted by Crippen LogP contribution is -2.45. The minimum absolute atomic E-state index is 0.0278. The summed E-state index contributed by atoms with van der Waals surface area (Å²) in [6.07, 6.45) is 3.55. The normalized spacial score (nSPS) is 17.8. The van der Waals surface area contributed by atoms with E-state index in [9.17, 15) is 14.0 Å². The van der Waals surface area contributed by atoms with Gasteiger partial charge in [-0.2, -0.15) is 0 Å². The van der Waals surface area contributed by atoms with Gasteiger partial charge in [0, 0.05) is 13.1 Å². The van der Waals surface area contributed by atoms with Gasteiger partial charge in [-0.3, -0.25) is 14.5 Å². The second-order valence-corrected chi connectivity index (χ2v) is 6.61. The van der Waals surface area contributed by atoms with E-state index in [0.29, 0.717) is 17.0 Å². The van der Waals surface area contributed by atoms with Gasteiger partial charge in [0.1, 0.15) is 12.4 Å². The third-order valence-electron chi connectivity index (χ3n) is 4.75. The Balaban J connectivity index is 1.65. The number of carbonyl (C=O) groups excluding carboxylic acids is 2. The van der Waals surface area contributed by atoms with E-state index in [4.69, 9.17) is 4.74 Å². The third kappa shape index (κ3) is 3.56. The molecule has 6 heteroatoms. The molecule has 5 nitrogen and oxygen atoms in total. The Morgan fingerprint density at radius 1 is 1.07 bits per heavy atom. The van der Waals surface area contributed by atoms with Crippen molar-refractivity contribution in [3.63, 3.8) is 0 Å². The van der Waals surface area contributed by atoms with Crippen molar-refractivity contribution in [3.05, 3.63) is 65.7 Å². The second-order valence-electron chi connectivity index (χ2n) is 6.61. The zero-order valence-electron chi connectivity index (χ0n) is 14.7. The molecule has 2 amide bonds. The Morgan fingerprint density at radius 3 is 2.52 bits per heavy atom. The van der Waals surface area contributed by atoms with E-state index in [-0.39, 0.29) is 29.9 Å². The summed E-state index contributed by atoms with van der Waals surface area (Å²) in [5.74, 6) is -0.185. The highest BCUT2D eigenvalue weighted by atomic mass is 19.1. The average Bonchev–Trinajstić information content (AvgIpc) is 3.21. The number of amides is 2. The van der Waals surface area contributed by atoms with Gasteiger partial charge >= 0.3 is 0 Å². The standard InChI is InChI=1S/C21H19FN2O3/c22-16-9-7-15(8-10-16)13-19-21(26)24(14-20(25)23-11-3-4-12-23)17-5-1-2-6-18(17)27-19/h1-2,5-10,13H,3-4,11-12,14H2/b19-13+. The van der Waals surface area contributed by atoms with Gasteiger partial charge in [0.05, 0.1) is 5.69 Å². The second kappa shape index (κ2) is 7.23. The van der Waals surface area contributed by atoms with Crippen molar-refractivity contribution in [3.8, 4) is 5.75 Å². The van der Waals surface area contributed by atoms with E-state index in [1.54, 1.807) is 41.3 Å². The molecule has 1 fully saturated rings. The molecule has 0 atom stereocenters. The number of ether oxygens (including phenoxy) is 1. The molecule has 0 radical (unpaired) electrons. The van der Waals surface area contributed by atoms with Crippen LogP contribution in [0.15, 0.2) is 54.3 Å². The van der Waals surface area contributed by atoms with Gasteiger partial charge in [0.15, 0.2) is 11.5 Å². The van der Waals surface area contributed by atoms with Gasteiger partial charge in [0.25, 0.3) is 5.91 Å². The molecule has 0 bridgehead atoms. The summed E-state index contributed by atoms with van der Waals surface area (Å²) in [4.78, 5) is 28.8. The topological polar surface area (TPSA) is 49.9 Å². The van der Waals surface area contributed by atoms with E-state index >= 15 is 0 Å². The molecule has 0 aliphatic carbocycles. The number of hydrogen-bond donors (Lipinski definition) is 0. The lowest BCUT2D eigenvalue weighted by Gasteiger charge is -2.31. The summed E-state index contributed by atoms with van der Waals surface area (Å²) in [7, 11) is 0. The van der Waals surface area contributed by atoms with Crippen LogP contribution < -0.4 is 9.64 Å². The molecule has 1 saturated heterocycles. The Morgan fingerprint density at radius 2 is 1.78 bits per heavy atom. The molecular formula is C21H19FN2O3. The fraction of sp³-hybridized carbons (Fsp3) is 0.238. The average molecular weight is 366 g/mol. The maximum atomic E-state index is 13.1. The molecule has 0 aromatic heterocycles. The number of carbonyl (C=O) groups is 2. The number of nitrogens with zero attached hydrogens (tertiary/aromatic N) is 2. The fourth-order valence-corrected chi connectivity index (χ4v) is 3.33. The summed E-state index contributed by atoms with van der Waals surface area (Å²) in [5.41, 5.74) is 1.22. The molecule has 138 valence electrons. The first-order valence-electron chi connectivity index (χ1n) is 8.95. The van der Waals surface area contributed by atoms with E-state index in [1.165, 1.54) is 17.0 Å². The molecule has 2 aromatic rings. The zero-order valence-corrected chi connectivity index (χ0v) is 14.7.